The lowest BCUT2D eigenvalue weighted by Crippen LogP contribution is -2.13. The van der Waals surface area contributed by atoms with E-state index in [0.29, 0.717) is 6.61 Å². The Balaban J connectivity index is 1.85. The van der Waals surface area contributed by atoms with Crippen molar-refractivity contribution in [3.63, 3.8) is 0 Å². The number of carbonyl (C=O) groups is 1. The molecule has 3 nitrogen and oxygen atoms in total. The quantitative estimate of drug-likeness (QED) is 0.459. The molecule has 25 heavy (non-hydrogen) atoms. The summed E-state index contributed by atoms with van der Waals surface area (Å²) < 4.78 is 5.25. The summed E-state index contributed by atoms with van der Waals surface area (Å²) in [6.45, 7) is 2.15. The van der Waals surface area contributed by atoms with E-state index in [-0.39, 0.29) is 11.7 Å². The number of esters is 1. The van der Waals surface area contributed by atoms with Gasteiger partial charge in [-0.05, 0) is 53.8 Å². The summed E-state index contributed by atoms with van der Waals surface area (Å²) in [5, 5.41) is 11.0. The number of thioether (sulfide) groups is 1. The van der Waals surface area contributed by atoms with E-state index in [2.05, 4.69) is 6.07 Å². The molecule has 3 aromatic rings. The highest BCUT2D eigenvalue weighted by Gasteiger charge is 2.23. The lowest BCUT2D eigenvalue weighted by molar-refractivity contribution is -0.142. The second-order valence-electron chi connectivity index (χ2n) is 5.34. The van der Waals surface area contributed by atoms with Crippen LogP contribution in [0, 0.1) is 0 Å². The number of phenolic OH excluding ortho intramolecular Hbond substituents is 1. The van der Waals surface area contributed by atoms with Gasteiger partial charge in [-0.15, -0.1) is 23.1 Å². The minimum atomic E-state index is -0.443. The molecule has 0 aliphatic heterocycles. The van der Waals surface area contributed by atoms with Gasteiger partial charge in [0.2, 0.25) is 0 Å². The lowest BCUT2D eigenvalue weighted by Gasteiger charge is -2.16. The van der Waals surface area contributed by atoms with Crippen LogP contribution in [0.2, 0.25) is 0 Å². The van der Waals surface area contributed by atoms with E-state index in [0.717, 1.165) is 16.0 Å². The van der Waals surface area contributed by atoms with Gasteiger partial charge >= 0.3 is 5.97 Å². The Morgan fingerprint density at radius 2 is 1.84 bits per heavy atom. The SMILES string of the molecule is CCOC(=O)C(Sc1ccc(O)cc1)c1ccc(-c2cccs2)cc1. The van der Waals surface area contributed by atoms with Crippen LogP contribution in [0.3, 0.4) is 0 Å². The molecule has 0 saturated heterocycles. The third kappa shape index (κ3) is 4.44. The van der Waals surface area contributed by atoms with Crippen LogP contribution >= 0.6 is 23.1 Å². The van der Waals surface area contributed by atoms with Crippen LogP contribution in [0.15, 0.2) is 70.9 Å². The van der Waals surface area contributed by atoms with Crippen molar-refractivity contribution >= 4 is 29.1 Å². The average Bonchev–Trinajstić information content (AvgIpc) is 3.16. The number of rotatable bonds is 6. The van der Waals surface area contributed by atoms with E-state index in [4.69, 9.17) is 4.74 Å². The van der Waals surface area contributed by atoms with Gasteiger partial charge in [0.05, 0.1) is 6.61 Å². The van der Waals surface area contributed by atoms with E-state index < -0.39 is 5.25 Å². The maximum Gasteiger partial charge on any atom is 0.323 e. The number of hydrogen-bond donors (Lipinski definition) is 1. The van der Waals surface area contributed by atoms with Gasteiger partial charge in [-0.25, -0.2) is 0 Å². The average molecular weight is 370 g/mol. The molecule has 0 spiro atoms. The fraction of sp³-hybridized carbons (Fsp3) is 0.150. The summed E-state index contributed by atoms with van der Waals surface area (Å²) in [6, 6.07) is 18.9. The molecule has 0 amide bonds. The van der Waals surface area contributed by atoms with Crippen LogP contribution in [0.5, 0.6) is 5.75 Å². The van der Waals surface area contributed by atoms with Crippen molar-refractivity contribution in [3.8, 4) is 16.2 Å². The fourth-order valence-electron chi connectivity index (χ4n) is 2.40. The number of carbonyl (C=O) groups excluding carboxylic acids is 1. The second-order valence-corrected chi connectivity index (χ2v) is 7.47. The monoisotopic (exact) mass is 370 g/mol. The number of hydrogen-bond acceptors (Lipinski definition) is 5. The Hall–Kier alpha value is -2.24. The largest absolute Gasteiger partial charge is 0.508 e. The first-order chi connectivity index (χ1) is 12.2. The Kier molecular flexibility index (Phi) is 5.79. The first-order valence-electron chi connectivity index (χ1n) is 7.93. The van der Waals surface area contributed by atoms with Gasteiger partial charge in [0, 0.05) is 9.77 Å². The van der Waals surface area contributed by atoms with Crippen molar-refractivity contribution < 1.29 is 14.6 Å². The molecule has 1 aromatic heterocycles. The van der Waals surface area contributed by atoms with Gasteiger partial charge in [0.1, 0.15) is 11.0 Å². The van der Waals surface area contributed by atoms with Gasteiger partial charge in [-0.1, -0.05) is 30.3 Å². The molecule has 1 atom stereocenters. The number of aromatic hydroxyl groups is 1. The molecule has 3 rings (SSSR count). The van der Waals surface area contributed by atoms with Crippen LogP contribution in [0.25, 0.3) is 10.4 Å². The maximum atomic E-state index is 12.4. The maximum absolute atomic E-state index is 12.4. The number of phenols is 1. The molecular formula is C20H18O3S2. The van der Waals surface area contributed by atoms with Gasteiger partial charge in [-0.3, -0.25) is 4.79 Å². The zero-order valence-electron chi connectivity index (χ0n) is 13.7. The number of ether oxygens (including phenoxy) is 1. The second kappa shape index (κ2) is 8.23. The standard InChI is InChI=1S/C20H18O3S2/c1-2-23-20(22)19(25-17-11-9-16(21)10-12-17)15-7-5-14(6-8-15)18-4-3-13-24-18/h3-13,19,21H,2H2,1H3. The zero-order chi connectivity index (χ0) is 17.6. The minimum absolute atomic E-state index is 0.206. The van der Waals surface area contributed by atoms with Crippen LogP contribution < -0.4 is 0 Å². The van der Waals surface area contributed by atoms with Crippen molar-refractivity contribution in [1.29, 1.82) is 0 Å². The van der Waals surface area contributed by atoms with Crippen LogP contribution in [-0.4, -0.2) is 17.7 Å². The first-order valence-corrected chi connectivity index (χ1v) is 9.69. The Labute approximate surface area is 155 Å². The molecule has 128 valence electrons. The van der Waals surface area contributed by atoms with Crippen LogP contribution in [-0.2, 0) is 9.53 Å². The highest BCUT2D eigenvalue weighted by atomic mass is 32.2. The fourth-order valence-corrected chi connectivity index (χ4v) is 4.15. The minimum Gasteiger partial charge on any atom is -0.508 e. The molecule has 0 aliphatic carbocycles. The Morgan fingerprint density at radius 1 is 1.12 bits per heavy atom. The highest BCUT2D eigenvalue weighted by molar-refractivity contribution is 8.00. The molecular weight excluding hydrogens is 352 g/mol. The molecule has 0 bridgehead atoms. The molecule has 5 heteroatoms. The van der Waals surface area contributed by atoms with Crippen LogP contribution in [0.4, 0.5) is 0 Å². The Morgan fingerprint density at radius 3 is 2.44 bits per heavy atom. The molecule has 0 saturated carbocycles. The summed E-state index contributed by atoms with van der Waals surface area (Å²) >= 11 is 3.11. The molecule has 1 unspecified atom stereocenters. The van der Waals surface area contributed by atoms with Gasteiger partial charge < -0.3 is 9.84 Å². The summed E-state index contributed by atoms with van der Waals surface area (Å²) in [5.41, 5.74) is 2.04. The molecule has 0 aliphatic rings. The zero-order valence-corrected chi connectivity index (χ0v) is 15.3. The van der Waals surface area contributed by atoms with E-state index in [1.807, 2.05) is 35.7 Å². The van der Waals surface area contributed by atoms with Crippen molar-refractivity contribution in [2.75, 3.05) is 6.61 Å². The topological polar surface area (TPSA) is 46.5 Å². The predicted molar refractivity (Wildman–Crippen MR) is 103 cm³/mol. The Bertz CT molecular complexity index is 809. The van der Waals surface area contributed by atoms with E-state index in [9.17, 15) is 9.90 Å². The van der Waals surface area contributed by atoms with E-state index in [1.54, 1.807) is 42.5 Å². The van der Waals surface area contributed by atoms with E-state index in [1.165, 1.54) is 16.6 Å². The van der Waals surface area contributed by atoms with Crippen molar-refractivity contribution in [1.82, 2.24) is 0 Å². The molecule has 2 aromatic carbocycles. The predicted octanol–water partition coefficient (Wildman–Crippen LogP) is 5.52. The number of benzene rings is 2. The molecule has 0 radical (unpaired) electrons. The molecule has 1 N–H and O–H groups in total. The summed E-state index contributed by atoms with van der Waals surface area (Å²) in [7, 11) is 0. The normalized spacial score (nSPS) is 11.9. The third-order valence-corrected chi connectivity index (χ3v) is 5.77. The third-order valence-electron chi connectivity index (χ3n) is 3.61. The summed E-state index contributed by atoms with van der Waals surface area (Å²) in [6.07, 6.45) is 0. The van der Waals surface area contributed by atoms with E-state index >= 15 is 0 Å². The highest BCUT2D eigenvalue weighted by Crippen LogP contribution is 2.38. The van der Waals surface area contributed by atoms with Crippen molar-refractivity contribution in [2.24, 2.45) is 0 Å². The van der Waals surface area contributed by atoms with Crippen LogP contribution in [0.1, 0.15) is 17.7 Å². The van der Waals surface area contributed by atoms with Crippen molar-refractivity contribution in [2.45, 2.75) is 17.1 Å². The van der Waals surface area contributed by atoms with Crippen molar-refractivity contribution in [3.05, 3.63) is 71.6 Å². The molecule has 1 heterocycles. The summed E-state index contributed by atoms with van der Waals surface area (Å²) in [5.74, 6) is -0.0539. The van der Waals surface area contributed by atoms with Gasteiger partial charge in [0.25, 0.3) is 0 Å². The smallest absolute Gasteiger partial charge is 0.323 e. The first kappa shape index (κ1) is 17.6. The van der Waals surface area contributed by atoms with Gasteiger partial charge in [0.15, 0.2) is 0 Å². The lowest BCUT2D eigenvalue weighted by atomic mass is 10.1. The van der Waals surface area contributed by atoms with Gasteiger partial charge in [-0.2, -0.15) is 0 Å². The summed E-state index contributed by atoms with van der Waals surface area (Å²) in [4.78, 5) is 14.5. The number of thiophene rings is 1. The molecule has 0 fully saturated rings.